The lowest BCUT2D eigenvalue weighted by molar-refractivity contribution is 0.384. The summed E-state index contributed by atoms with van der Waals surface area (Å²) >= 11 is 1.45. The highest BCUT2D eigenvalue weighted by Gasteiger charge is 2.10. The zero-order valence-electron chi connectivity index (χ0n) is 12.9. The fourth-order valence-electron chi connectivity index (χ4n) is 1.99. The maximum atomic E-state index is 5.19. The van der Waals surface area contributed by atoms with Crippen molar-refractivity contribution in [1.29, 1.82) is 0 Å². The highest BCUT2D eigenvalue weighted by atomic mass is 32.2. The number of benzene rings is 1. The number of rotatable bonds is 7. The van der Waals surface area contributed by atoms with Crippen molar-refractivity contribution in [2.75, 3.05) is 7.11 Å². The molecule has 0 amide bonds. The van der Waals surface area contributed by atoms with Gasteiger partial charge in [-0.05, 0) is 30.7 Å². The molecule has 0 radical (unpaired) electrons. The molecule has 2 heterocycles. The van der Waals surface area contributed by atoms with E-state index >= 15 is 0 Å². The third-order valence-corrected chi connectivity index (χ3v) is 3.97. The van der Waals surface area contributed by atoms with Crippen LogP contribution < -0.4 is 4.74 Å². The molecule has 0 atom stereocenters. The Morgan fingerprint density at radius 1 is 1.22 bits per heavy atom. The highest BCUT2D eigenvalue weighted by molar-refractivity contribution is 7.98. The average Bonchev–Trinajstić information content (AvgIpc) is 3.23. The molecule has 0 aliphatic carbocycles. The first-order valence-electron chi connectivity index (χ1n) is 7.29. The molecule has 3 aromatic rings. The number of aryl methyl sites for hydroxylation is 1. The maximum Gasteiger partial charge on any atom is 0.237 e. The molecule has 0 bridgehead atoms. The second-order valence-electron chi connectivity index (χ2n) is 4.84. The van der Waals surface area contributed by atoms with Crippen LogP contribution in [0.4, 0.5) is 0 Å². The lowest BCUT2D eigenvalue weighted by Gasteiger charge is -1.99. The summed E-state index contributed by atoms with van der Waals surface area (Å²) < 4.78 is 10.3. The number of hydrogen-bond acceptors (Lipinski definition) is 7. The molecule has 120 valence electrons. The molecule has 0 spiro atoms. The first-order valence-corrected chi connectivity index (χ1v) is 8.28. The molecule has 0 aliphatic heterocycles. The number of methoxy groups -OCH3 is 1. The number of ether oxygens (including phenoxy) is 1. The van der Waals surface area contributed by atoms with Crippen LogP contribution in [0, 0.1) is 0 Å². The van der Waals surface area contributed by atoms with E-state index in [9.17, 15) is 0 Å². The van der Waals surface area contributed by atoms with Crippen molar-refractivity contribution in [3.8, 4) is 17.1 Å². The van der Waals surface area contributed by atoms with Gasteiger partial charge >= 0.3 is 0 Å². The summed E-state index contributed by atoms with van der Waals surface area (Å²) in [5.74, 6) is 3.41. The largest absolute Gasteiger partial charge is 0.497 e. The van der Waals surface area contributed by atoms with Crippen LogP contribution in [0.5, 0.6) is 5.75 Å². The molecule has 0 saturated carbocycles. The molecule has 7 nitrogen and oxygen atoms in total. The molecule has 0 saturated heterocycles. The third kappa shape index (κ3) is 3.89. The van der Waals surface area contributed by atoms with Gasteiger partial charge in [-0.3, -0.25) is 5.10 Å². The van der Waals surface area contributed by atoms with Gasteiger partial charge in [0.05, 0.1) is 12.9 Å². The summed E-state index contributed by atoms with van der Waals surface area (Å²) in [6, 6.07) is 7.64. The van der Waals surface area contributed by atoms with E-state index in [1.54, 1.807) is 7.11 Å². The normalized spacial score (nSPS) is 10.9. The molecule has 8 heteroatoms. The van der Waals surface area contributed by atoms with E-state index in [1.165, 1.54) is 11.8 Å². The van der Waals surface area contributed by atoms with Gasteiger partial charge in [0, 0.05) is 12.0 Å². The van der Waals surface area contributed by atoms with Crippen LogP contribution in [-0.4, -0.2) is 32.4 Å². The minimum atomic E-state index is 0.552. The number of nitrogens with zero attached hydrogens (tertiary/aromatic N) is 4. The summed E-state index contributed by atoms with van der Waals surface area (Å²) in [5.41, 5.74) is 0.952. The van der Waals surface area contributed by atoms with Crippen molar-refractivity contribution in [3.05, 3.63) is 36.0 Å². The van der Waals surface area contributed by atoms with Gasteiger partial charge in [-0.1, -0.05) is 23.8 Å². The van der Waals surface area contributed by atoms with Crippen LogP contribution in [0.1, 0.15) is 25.1 Å². The second kappa shape index (κ2) is 7.28. The minimum absolute atomic E-state index is 0.552. The van der Waals surface area contributed by atoms with Gasteiger partial charge in [-0.15, -0.1) is 5.10 Å². The van der Waals surface area contributed by atoms with Gasteiger partial charge in [0.25, 0.3) is 0 Å². The fourth-order valence-corrected chi connectivity index (χ4v) is 2.63. The van der Waals surface area contributed by atoms with Crippen LogP contribution in [0.3, 0.4) is 0 Å². The number of thioether (sulfide) groups is 1. The van der Waals surface area contributed by atoms with Crippen molar-refractivity contribution in [2.45, 2.75) is 30.7 Å². The molecule has 1 N–H and O–H groups in total. The van der Waals surface area contributed by atoms with Crippen molar-refractivity contribution in [1.82, 2.24) is 25.3 Å². The first-order chi connectivity index (χ1) is 11.3. The van der Waals surface area contributed by atoms with E-state index in [1.807, 2.05) is 24.3 Å². The van der Waals surface area contributed by atoms with Crippen LogP contribution in [0.25, 0.3) is 11.4 Å². The van der Waals surface area contributed by atoms with E-state index in [-0.39, 0.29) is 0 Å². The second-order valence-corrected chi connectivity index (χ2v) is 5.78. The number of H-pyrrole nitrogens is 1. The van der Waals surface area contributed by atoms with Crippen LogP contribution in [0.15, 0.2) is 33.9 Å². The Kier molecular flexibility index (Phi) is 4.92. The Labute approximate surface area is 137 Å². The Balaban J connectivity index is 1.62. The predicted molar refractivity (Wildman–Crippen MR) is 86.2 cm³/mol. The Hall–Kier alpha value is -2.35. The summed E-state index contributed by atoms with van der Waals surface area (Å²) in [4.78, 5) is 8.78. The number of hydrogen-bond donors (Lipinski definition) is 1. The van der Waals surface area contributed by atoms with Gasteiger partial charge in [0.1, 0.15) is 5.75 Å². The summed E-state index contributed by atoms with van der Waals surface area (Å²) in [6.07, 6.45) is 1.83. The van der Waals surface area contributed by atoms with E-state index in [2.05, 4.69) is 32.2 Å². The van der Waals surface area contributed by atoms with Crippen LogP contribution in [0.2, 0.25) is 0 Å². The quantitative estimate of drug-likeness (QED) is 0.665. The summed E-state index contributed by atoms with van der Waals surface area (Å²) in [7, 11) is 1.64. The molecule has 3 rings (SSSR count). The van der Waals surface area contributed by atoms with E-state index < -0.39 is 0 Å². The topological polar surface area (TPSA) is 89.7 Å². The lowest BCUT2D eigenvalue weighted by atomic mass is 10.2. The smallest absolute Gasteiger partial charge is 0.237 e. The first kappa shape index (κ1) is 15.5. The van der Waals surface area contributed by atoms with Crippen molar-refractivity contribution >= 4 is 11.8 Å². The Morgan fingerprint density at radius 3 is 2.78 bits per heavy atom. The Bertz CT molecular complexity index is 753. The third-order valence-electron chi connectivity index (χ3n) is 3.14. The SMILES string of the molecule is CCCc1noc(CSc2n[nH]c(-c3ccc(OC)cc3)n2)n1. The fraction of sp³-hybridized carbons (Fsp3) is 0.333. The molecular weight excluding hydrogens is 314 g/mol. The standard InChI is InChI=1S/C15H17N5O2S/c1-3-4-12-16-13(22-20-12)9-23-15-17-14(18-19-15)10-5-7-11(21-2)8-6-10/h5-8H,3-4,9H2,1-2H3,(H,17,18,19). The van der Waals surface area contributed by atoms with Gasteiger partial charge in [-0.2, -0.15) is 4.98 Å². The molecule has 23 heavy (non-hydrogen) atoms. The minimum Gasteiger partial charge on any atom is -0.497 e. The van der Waals surface area contributed by atoms with Crippen LogP contribution >= 0.6 is 11.8 Å². The van der Waals surface area contributed by atoms with E-state index in [0.29, 0.717) is 22.6 Å². The molecule has 0 unspecified atom stereocenters. The maximum absolute atomic E-state index is 5.19. The Morgan fingerprint density at radius 2 is 2.04 bits per heavy atom. The summed E-state index contributed by atoms with van der Waals surface area (Å²) in [5, 5.41) is 11.7. The van der Waals surface area contributed by atoms with Crippen LogP contribution in [-0.2, 0) is 12.2 Å². The van der Waals surface area contributed by atoms with Crippen molar-refractivity contribution in [2.24, 2.45) is 0 Å². The zero-order valence-corrected chi connectivity index (χ0v) is 13.8. The predicted octanol–water partition coefficient (Wildman–Crippen LogP) is 3.11. The average molecular weight is 331 g/mol. The van der Waals surface area contributed by atoms with Gasteiger partial charge < -0.3 is 9.26 Å². The molecule has 0 aliphatic rings. The molecule has 1 aromatic carbocycles. The lowest BCUT2D eigenvalue weighted by Crippen LogP contribution is -1.87. The van der Waals surface area contributed by atoms with E-state index in [4.69, 9.17) is 9.26 Å². The number of aromatic amines is 1. The highest BCUT2D eigenvalue weighted by Crippen LogP contribution is 2.23. The van der Waals surface area contributed by atoms with Crippen molar-refractivity contribution in [3.63, 3.8) is 0 Å². The number of nitrogens with one attached hydrogen (secondary N) is 1. The van der Waals surface area contributed by atoms with Gasteiger partial charge in [0.15, 0.2) is 11.6 Å². The monoisotopic (exact) mass is 331 g/mol. The van der Waals surface area contributed by atoms with Gasteiger partial charge in [-0.25, -0.2) is 4.98 Å². The molecule has 2 aromatic heterocycles. The van der Waals surface area contributed by atoms with Crippen molar-refractivity contribution < 1.29 is 9.26 Å². The molecule has 0 fully saturated rings. The molecular formula is C15H17N5O2S. The van der Waals surface area contributed by atoms with E-state index in [0.717, 1.165) is 30.0 Å². The summed E-state index contributed by atoms with van der Waals surface area (Å²) in [6.45, 7) is 2.08. The number of aromatic nitrogens is 5. The zero-order chi connectivity index (χ0) is 16.1. The van der Waals surface area contributed by atoms with Gasteiger partial charge in [0.2, 0.25) is 11.0 Å².